The summed E-state index contributed by atoms with van der Waals surface area (Å²) in [6, 6.07) is 17.7. The molecule has 20 heavy (non-hydrogen) atoms. The summed E-state index contributed by atoms with van der Waals surface area (Å²) >= 11 is 0. The van der Waals surface area contributed by atoms with Crippen LogP contribution in [0.5, 0.6) is 5.75 Å². The molecule has 0 fully saturated rings. The van der Waals surface area contributed by atoms with Crippen LogP contribution in [0.4, 0.5) is 5.69 Å². The average Bonchev–Trinajstić information content (AvgIpc) is 2.45. The van der Waals surface area contributed by atoms with Gasteiger partial charge in [0.25, 0.3) is 0 Å². The van der Waals surface area contributed by atoms with Gasteiger partial charge in [0.15, 0.2) is 0 Å². The van der Waals surface area contributed by atoms with Crippen LogP contribution in [-0.4, -0.2) is 4.98 Å². The van der Waals surface area contributed by atoms with Gasteiger partial charge in [-0.1, -0.05) is 30.3 Å². The number of hydrogen-bond donors (Lipinski definition) is 1. The predicted molar refractivity (Wildman–Crippen MR) is 81.7 cm³/mol. The van der Waals surface area contributed by atoms with Crippen LogP contribution >= 0.6 is 0 Å². The lowest BCUT2D eigenvalue weighted by molar-refractivity contribution is 0.309. The quantitative estimate of drug-likeness (QED) is 0.734. The van der Waals surface area contributed by atoms with E-state index in [9.17, 15) is 0 Å². The van der Waals surface area contributed by atoms with E-state index in [1.54, 1.807) is 0 Å². The molecule has 2 N–H and O–H groups in total. The van der Waals surface area contributed by atoms with E-state index in [-0.39, 0.29) is 0 Å². The summed E-state index contributed by atoms with van der Waals surface area (Å²) in [6.07, 6.45) is 0. The fourth-order valence-corrected chi connectivity index (χ4v) is 2.18. The zero-order chi connectivity index (χ0) is 13.9. The summed E-state index contributed by atoms with van der Waals surface area (Å²) in [5.41, 5.74) is 9.45. The lowest BCUT2D eigenvalue weighted by Gasteiger charge is -2.09. The molecule has 0 spiro atoms. The van der Waals surface area contributed by atoms with Gasteiger partial charge in [-0.2, -0.15) is 0 Å². The summed E-state index contributed by atoms with van der Waals surface area (Å²) in [7, 11) is 0. The van der Waals surface area contributed by atoms with Gasteiger partial charge < -0.3 is 10.5 Å². The molecule has 0 saturated heterocycles. The Balaban J connectivity index is 1.89. The fraction of sp³-hybridized carbons (Fsp3) is 0.118. The van der Waals surface area contributed by atoms with Gasteiger partial charge in [0.1, 0.15) is 17.9 Å². The van der Waals surface area contributed by atoms with Crippen LogP contribution in [0.25, 0.3) is 10.9 Å². The Hall–Kier alpha value is -2.55. The van der Waals surface area contributed by atoms with Crippen molar-refractivity contribution in [2.45, 2.75) is 13.5 Å². The Morgan fingerprint density at radius 1 is 1.05 bits per heavy atom. The molecule has 0 unspecified atom stereocenters. The van der Waals surface area contributed by atoms with E-state index in [0.29, 0.717) is 6.61 Å². The Morgan fingerprint density at radius 2 is 1.90 bits per heavy atom. The van der Waals surface area contributed by atoms with Crippen molar-refractivity contribution in [2.24, 2.45) is 0 Å². The van der Waals surface area contributed by atoms with E-state index < -0.39 is 0 Å². The highest BCUT2D eigenvalue weighted by Crippen LogP contribution is 2.24. The number of pyridine rings is 1. The molecule has 0 atom stereocenters. The second-order valence-electron chi connectivity index (χ2n) is 4.81. The van der Waals surface area contributed by atoms with Crippen molar-refractivity contribution in [3.63, 3.8) is 0 Å². The van der Waals surface area contributed by atoms with Crippen LogP contribution in [0.15, 0.2) is 54.6 Å². The lowest BCUT2D eigenvalue weighted by atomic mass is 10.2. The Labute approximate surface area is 118 Å². The summed E-state index contributed by atoms with van der Waals surface area (Å²) in [5, 5.41) is 1.08. The van der Waals surface area contributed by atoms with Gasteiger partial charge in [0.2, 0.25) is 0 Å². The Bertz CT molecular complexity index is 753. The second-order valence-corrected chi connectivity index (χ2v) is 4.81. The maximum Gasteiger partial charge on any atom is 0.146 e. The summed E-state index contributed by atoms with van der Waals surface area (Å²) in [5.74, 6) is 0.800. The smallest absolute Gasteiger partial charge is 0.146 e. The molecule has 1 aromatic heterocycles. The van der Waals surface area contributed by atoms with Crippen molar-refractivity contribution in [3.8, 4) is 5.75 Å². The molecule has 0 aliphatic rings. The second kappa shape index (κ2) is 5.21. The fourth-order valence-electron chi connectivity index (χ4n) is 2.18. The first-order chi connectivity index (χ1) is 9.72. The molecular weight excluding hydrogens is 248 g/mol. The number of rotatable bonds is 3. The highest BCUT2D eigenvalue weighted by atomic mass is 16.5. The molecule has 0 aliphatic heterocycles. The first kappa shape index (κ1) is 12.5. The van der Waals surface area contributed by atoms with Crippen molar-refractivity contribution in [1.29, 1.82) is 0 Å². The first-order valence-corrected chi connectivity index (χ1v) is 6.56. The third-order valence-electron chi connectivity index (χ3n) is 3.17. The third-order valence-corrected chi connectivity index (χ3v) is 3.17. The molecule has 0 radical (unpaired) electrons. The zero-order valence-electron chi connectivity index (χ0n) is 11.3. The van der Waals surface area contributed by atoms with Crippen molar-refractivity contribution < 1.29 is 4.74 Å². The number of benzene rings is 2. The Morgan fingerprint density at radius 3 is 2.75 bits per heavy atom. The lowest BCUT2D eigenvalue weighted by Crippen LogP contribution is -1.98. The molecule has 1 heterocycles. The minimum absolute atomic E-state index is 0.486. The molecule has 3 nitrogen and oxygen atoms in total. The summed E-state index contributed by atoms with van der Waals surface area (Å²) < 4.78 is 5.90. The predicted octanol–water partition coefficient (Wildman–Crippen LogP) is 3.70. The number of aromatic nitrogens is 1. The number of ether oxygens (including phenoxy) is 1. The van der Waals surface area contributed by atoms with E-state index >= 15 is 0 Å². The standard InChI is InChI=1S/C17H16N2O/c1-12-8-9-14-5-3-7-16(17(14)19-12)20-11-13-4-2-6-15(18)10-13/h2-10H,11,18H2,1H3. The first-order valence-electron chi connectivity index (χ1n) is 6.56. The van der Waals surface area contributed by atoms with Gasteiger partial charge >= 0.3 is 0 Å². The van der Waals surface area contributed by atoms with E-state index in [0.717, 1.165) is 33.6 Å². The minimum Gasteiger partial charge on any atom is -0.487 e. The SMILES string of the molecule is Cc1ccc2cccc(OCc3cccc(N)c3)c2n1. The molecule has 0 saturated carbocycles. The number of nitrogens with two attached hydrogens (primary N) is 1. The molecule has 0 amide bonds. The monoisotopic (exact) mass is 264 g/mol. The van der Waals surface area contributed by atoms with Gasteiger partial charge in [0, 0.05) is 16.8 Å². The number of anilines is 1. The van der Waals surface area contributed by atoms with Crippen LogP contribution in [0, 0.1) is 6.92 Å². The minimum atomic E-state index is 0.486. The largest absolute Gasteiger partial charge is 0.487 e. The number of hydrogen-bond acceptors (Lipinski definition) is 3. The highest BCUT2D eigenvalue weighted by molar-refractivity contribution is 5.84. The van der Waals surface area contributed by atoms with Crippen LogP contribution in [0.2, 0.25) is 0 Å². The zero-order valence-corrected chi connectivity index (χ0v) is 11.3. The number of para-hydroxylation sites is 1. The van der Waals surface area contributed by atoms with Crippen LogP contribution < -0.4 is 10.5 Å². The molecule has 3 heteroatoms. The third kappa shape index (κ3) is 2.57. The van der Waals surface area contributed by atoms with Crippen molar-refractivity contribution in [3.05, 3.63) is 65.9 Å². The van der Waals surface area contributed by atoms with E-state index in [1.165, 1.54) is 0 Å². The molecule has 3 rings (SSSR count). The molecule has 100 valence electrons. The Kier molecular flexibility index (Phi) is 3.25. The summed E-state index contributed by atoms with van der Waals surface area (Å²) in [4.78, 5) is 4.56. The topological polar surface area (TPSA) is 48.1 Å². The van der Waals surface area contributed by atoms with E-state index in [2.05, 4.69) is 11.1 Å². The molecule has 0 bridgehead atoms. The van der Waals surface area contributed by atoms with Crippen molar-refractivity contribution in [1.82, 2.24) is 4.98 Å². The molecule has 2 aromatic carbocycles. The molecular formula is C17H16N2O. The van der Waals surface area contributed by atoms with E-state index in [1.807, 2.05) is 55.5 Å². The van der Waals surface area contributed by atoms with Crippen LogP contribution in [0.1, 0.15) is 11.3 Å². The number of nitrogen functional groups attached to an aromatic ring is 1. The van der Waals surface area contributed by atoms with Gasteiger partial charge in [-0.15, -0.1) is 0 Å². The molecule has 0 aliphatic carbocycles. The maximum absolute atomic E-state index is 5.90. The van der Waals surface area contributed by atoms with Crippen LogP contribution in [-0.2, 0) is 6.61 Å². The molecule has 3 aromatic rings. The van der Waals surface area contributed by atoms with E-state index in [4.69, 9.17) is 10.5 Å². The highest BCUT2D eigenvalue weighted by Gasteiger charge is 2.04. The average molecular weight is 264 g/mol. The van der Waals surface area contributed by atoms with Crippen LogP contribution in [0.3, 0.4) is 0 Å². The number of aryl methyl sites for hydroxylation is 1. The van der Waals surface area contributed by atoms with Gasteiger partial charge in [-0.3, -0.25) is 0 Å². The number of nitrogens with zero attached hydrogens (tertiary/aromatic N) is 1. The van der Waals surface area contributed by atoms with Gasteiger partial charge in [-0.25, -0.2) is 4.98 Å². The number of fused-ring (bicyclic) bond motifs is 1. The van der Waals surface area contributed by atoms with Gasteiger partial charge in [-0.05, 0) is 36.8 Å². The van der Waals surface area contributed by atoms with Crippen molar-refractivity contribution >= 4 is 16.6 Å². The summed E-state index contributed by atoms with van der Waals surface area (Å²) in [6.45, 7) is 2.47. The van der Waals surface area contributed by atoms with Gasteiger partial charge in [0.05, 0.1) is 0 Å². The normalized spacial score (nSPS) is 10.7. The maximum atomic E-state index is 5.90. The van der Waals surface area contributed by atoms with Crippen molar-refractivity contribution in [2.75, 3.05) is 5.73 Å².